The van der Waals surface area contributed by atoms with Crippen molar-refractivity contribution in [2.24, 2.45) is 7.05 Å². The lowest BCUT2D eigenvalue weighted by molar-refractivity contribution is 0.0703. The zero-order valence-corrected chi connectivity index (χ0v) is 15.6. The summed E-state index contributed by atoms with van der Waals surface area (Å²) in [6.45, 7) is 1.16. The van der Waals surface area contributed by atoms with Crippen molar-refractivity contribution in [1.82, 2.24) is 24.9 Å². The Morgan fingerprint density at radius 1 is 1.21 bits per heavy atom. The van der Waals surface area contributed by atoms with E-state index in [1.54, 1.807) is 35.0 Å². The predicted molar refractivity (Wildman–Crippen MR) is 97.3 cm³/mol. The third-order valence-electron chi connectivity index (χ3n) is 4.88. The van der Waals surface area contributed by atoms with Crippen LogP contribution < -0.4 is 4.74 Å². The molecule has 28 heavy (non-hydrogen) atoms. The Labute approximate surface area is 160 Å². The molecule has 1 saturated heterocycles. The number of nitrogens with zero attached hydrogens (tertiary/aromatic N) is 5. The number of carbonyl (C=O) groups excluding carboxylic acids is 1. The van der Waals surface area contributed by atoms with Gasteiger partial charge < -0.3 is 14.1 Å². The van der Waals surface area contributed by atoms with Crippen molar-refractivity contribution in [2.75, 3.05) is 20.2 Å². The van der Waals surface area contributed by atoms with Crippen LogP contribution in [0.4, 0.5) is 4.39 Å². The van der Waals surface area contributed by atoms with Crippen LogP contribution in [0.25, 0.3) is 11.5 Å². The summed E-state index contributed by atoms with van der Waals surface area (Å²) < 4.78 is 25.6. The van der Waals surface area contributed by atoms with E-state index in [1.807, 2.05) is 0 Å². The minimum atomic E-state index is -0.314. The summed E-state index contributed by atoms with van der Waals surface area (Å²) in [6.07, 6.45) is 3.11. The third kappa shape index (κ3) is 3.47. The van der Waals surface area contributed by atoms with Gasteiger partial charge in [0.15, 0.2) is 0 Å². The molecule has 3 aromatic rings. The van der Waals surface area contributed by atoms with Crippen LogP contribution in [0.3, 0.4) is 0 Å². The van der Waals surface area contributed by atoms with Crippen molar-refractivity contribution in [2.45, 2.75) is 18.8 Å². The van der Waals surface area contributed by atoms with Crippen LogP contribution in [0.15, 0.2) is 34.9 Å². The Morgan fingerprint density at radius 2 is 1.93 bits per heavy atom. The maximum atomic E-state index is 13.1. The minimum Gasteiger partial charge on any atom is -0.479 e. The standard InChI is InChI=1S/C19H20FN5O3/c1-24-11-15(18(23-24)27-2)19(26)25-9-7-13(8-10-25)17-22-21-16(28-17)12-3-5-14(20)6-4-12/h3-6,11,13H,7-10H2,1-2H3. The van der Waals surface area contributed by atoms with Gasteiger partial charge in [0.05, 0.1) is 7.11 Å². The molecular weight excluding hydrogens is 365 g/mol. The van der Waals surface area contributed by atoms with Gasteiger partial charge in [-0.05, 0) is 37.1 Å². The van der Waals surface area contributed by atoms with E-state index in [9.17, 15) is 9.18 Å². The average molecular weight is 385 g/mol. The molecule has 0 spiro atoms. The summed E-state index contributed by atoms with van der Waals surface area (Å²) in [5.74, 6) is 0.919. The molecule has 9 heteroatoms. The quantitative estimate of drug-likeness (QED) is 0.686. The van der Waals surface area contributed by atoms with E-state index >= 15 is 0 Å². The number of carbonyl (C=O) groups is 1. The lowest BCUT2D eigenvalue weighted by atomic mass is 9.96. The van der Waals surface area contributed by atoms with Crippen LogP contribution in [0.1, 0.15) is 35.0 Å². The van der Waals surface area contributed by atoms with Crippen molar-refractivity contribution < 1.29 is 18.3 Å². The van der Waals surface area contributed by atoms with E-state index in [2.05, 4.69) is 15.3 Å². The van der Waals surface area contributed by atoms with Crippen molar-refractivity contribution in [3.8, 4) is 17.3 Å². The summed E-state index contributed by atoms with van der Waals surface area (Å²) in [5.41, 5.74) is 1.14. The van der Waals surface area contributed by atoms with Gasteiger partial charge in [0.25, 0.3) is 5.91 Å². The van der Waals surface area contributed by atoms with Gasteiger partial charge in [0.1, 0.15) is 11.4 Å². The van der Waals surface area contributed by atoms with Gasteiger partial charge in [0, 0.05) is 37.8 Å². The SMILES string of the molecule is COc1nn(C)cc1C(=O)N1CCC(c2nnc(-c3ccc(F)cc3)o2)CC1. The van der Waals surface area contributed by atoms with Gasteiger partial charge in [-0.15, -0.1) is 15.3 Å². The lowest BCUT2D eigenvalue weighted by Gasteiger charge is -2.30. The van der Waals surface area contributed by atoms with Gasteiger partial charge in [-0.25, -0.2) is 4.39 Å². The van der Waals surface area contributed by atoms with E-state index in [0.29, 0.717) is 41.9 Å². The summed E-state index contributed by atoms with van der Waals surface area (Å²) in [5, 5.41) is 12.4. The molecule has 0 N–H and O–H groups in total. The fourth-order valence-corrected chi connectivity index (χ4v) is 3.37. The molecule has 0 radical (unpaired) electrons. The first kappa shape index (κ1) is 18.1. The second-order valence-corrected chi connectivity index (χ2v) is 6.74. The molecule has 146 valence electrons. The number of methoxy groups -OCH3 is 1. The van der Waals surface area contributed by atoms with Gasteiger partial charge in [-0.3, -0.25) is 9.48 Å². The fourth-order valence-electron chi connectivity index (χ4n) is 3.37. The van der Waals surface area contributed by atoms with Gasteiger partial charge in [0.2, 0.25) is 17.7 Å². The number of benzene rings is 1. The topological polar surface area (TPSA) is 86.3 Å². The van der Waals surface area contributed by atoms with E-state index in [-0.39, 0.29) is 17.6 Å². The fraction of sp³-hybridized carbons (Fsp3) is 0.368. The number of aromatic nitrogens is 4. The molecule has 0 aliphatic carbocycles. The average Bonchev–Trinajstić information content (AvgIpc) is 3.35. The highest BCUT2D eigenvalue weighted by atomic mass is 19.1. The molecule has 1 aliphatic rings. The van der Waals surface area contributed by atoms with Gasteiger partial charge in [-0.2, -0.15) is 0 Å². The predicted octanol–water partition coefficient (Wildman–Crippen LogP) is 2.64. The lowest BCUT2D eigenvalue weighted by Crippen LogP contribution is -2.38. The van der Waals surface area contributed by atoms with Gasteiger partial charge in [-0.1, -0.05) is 0 Å². The Balaban J connectivity index is 1.41. The molecular formula is C19H20FN5O3. The van der Waals surface area contributed by atoms with Crippen LogP contribution in [0.2, 0.25) is 0 Å². The zero-order valence-electron chi connectivity index (χ0n) is 15.6. The first-order valence-electron chi connectivity index (χ1n) is 9.01. The van der Waals surface area contributed by atoms with Crippen molar-refractivity contribution in [3.05, 3.63) is 47.7 Å². The summed E-state index contributed by atoms with van der Waals surface area (Å²) in [4.78, 5) is 14.5. The number of ether oxygens (including phenoxy) is 1. The van der Waals surface area contributed by atoms with Gasteiger partial charge >= 0.3 is 0 Å². The smallest absolute Gasteiger partial charge is 0.260 e. The maximum Gasteiger partial charge on any atom is 0.260 e. The normalized spacial score (nSPS) is 15.0. The second-order valence-electron chi connectivity index (χ2n) is 6.74. The second kappa shape index (κ2) is 7.41. The number of rotatable bonds is 4. The molecule has 0 bridgehead atoms. The molecule has 2 aromatic heterocycles. The Hall–Kier alpha value is -3.23. The van der Waals surface area contributed by atoms with Crippen molar-refractivity contribution >= 4 is 5.91 Å². The molecule has 4 rings (SSSR count). The molecule has 0 atom stereocenters. The van der Waals surface area contributed by atoms with E-state index < -0.39 is 0 Å². The number of halogens is 1. The molecule has 0 unspecified atom stereocenters. The first-order chi connectivity index (χ1) is 13.5. The molecule has 1 fully saturated rings. The third-order valence-corrected chi connectivity index (χ3v) is 4.88. The summed E-state index contributed by atoms with van der Waals surface area (Å²) >= 11 is 0. The molecule has 1 aliphatic heterocycles. The largest absolute Gasteiger partial charge is 0.479 e. The highest BCUT2D eigenvalue weighted by Crippen LogP contribution is 2.30. The number of amides is 1. The molecule has 3 heterocycles. The molecule has 1 aromatic carbocycles. The number of hydrogen-bond donors (Lipinski definition) is 0. The maximum absolute atomic E-state index is 13.1. The Morgan fingerprint density at radius 3 is 2.61 bits per heavy atom. The highest BCUT2D eigenvalue weighted by Gasteiger charge is 2.30. The Kier molecular flexibility index (Phi) is 4.81. The summed E-state index contributed by atoms with van der Waals surface area (Å²) in [7, 11) is 3.25. The number of likely N-dealkylation sites (tertiary alicyclic amines) is 1. The highest BCUT2D eigenvalue weighted by molar-refractivity contribution is 5.96. The summed E-state index contributed by atoms with van der Waals surface area (Å²) in [6, 6.07) is 5.93. The Bertz CT molecular complexity index is 974. The van der Waals surface area contributed by atoms with Crippen LogP contribution in [-0.2, 0) is 7.05 Å². The number of aryl methyl sites for hydroxylation is 1. The van der Waals surface area contributed by atoms with E-state index in [0.717, 1.165) is 12.8 Å². The van der Waals surface area contributed by atoms with E-state index in [1.165, 1.54) is 19.2 Å². The molecule has 0 saturated carbocycles. The minimum absolute atomic E-state index is 0.0848. The molecule has 8 nitrogen and oxygen atoms in total. The first-order valence-corrected chi connectivity index (χ1v) is 9.01. The van der Waals surface area contributed by atoms with Crippen LogP contribution >= 0.6 is 0 Å². The monoisotopic (exact) mass is 385 g/mol. The van der Waals surface area contributed by atoms with Crippen molar-refractivity contribution in [3.63, 3.8) is 0 Å². The van der Waals surface area contributed by atoms with Crippen LogP contribution in [0.5, 0.6) is 5.88 Å². The molecule has 1 amide bonds. The zero-order chi connectivity index (χ0) is 19.7. The van der Waals surface area contributed by atoms with E-state index in [4.69, 9.17) is 9.15 Å². The van der Waals surface area contributed by atoms with Crippen LogP contribution in [0, 0.1) is 5.82 Å². The van der Waals surface area contributed by atoms with Crippen molar-refractivity contribution in [1.29, 1.82) is 0 Å². The van der Waals surface area contributed by atoms with Crippen LogP contribution in [-0.4, -0.2) is 51.0 Å². The number of hydrogen-bond acceptors (Lipinski definition) is 6. The number of piperidine rings is 1.